The molecule has 5 heteroatoms. The summed E-state index contributed by atoms with van der Waals surface area (Å²) in [5, 5.41) is 22.0. The van der Waals surface area contributed by atoms with E-state index < -0.39 is 5.60 Å². The van der Waals surface area contributed by atoms with Gasteiger partial charge in [0.1, 0.15) is 11.4 Å². The molecule has 3 unspecified atom stereocenters. The van der Waals surface area contributed by atoms with E-state index in [-0.39, 0.29) is 17.9 Å². The number of hydrogen-bond donors (Lipinski definition) is 2. The lowest BCUT2D eigenvalue weighted by Gasteiger charge is -2.54. The number of aliphatic hydroxyl groups excluding tert-OH is 1. The van der Waals surface area contributed by atoms with Crippen LogP contribution in [0, 0.1) is 17.8 Å². The van der Waals surface area contributed by atoms with Crippen LogP contribution >= 0.6 is 0 Å². The maximum Gasteiger partial charge on any atom is 0.131 e. The first-order valence-corrected chi connectivity index (χ1v) is 9.43. The highest BCUT2D eigenvalue weighted by Gasteiger charge is 2.57. The highest BCUT2D eigenvalue weighted by molar-refractivity contribution is 6.02. The third-order valence-corrected chi connectivity index (χ3v) is 7.00. The smallest absolute Gasteiger partial charge is 0.131 e. The molecule has 4 aliphatic heterocycles. The average molecular weight is 342 g/mol. The SMILES string of the molecule is COc1ccc2c(c1)C1(O)CCN3C[C@@H]4C[C@H](C(C)O)[C@H]3[C@@H](C4)C1=N2. The Kier molecular flexibility index (Phi) is 3.34. The highest BCUT2D eigenvalue weighted by atomic mass is 16.5. The number of piperidine rings is 2. The van der Waals surface area contributed by atoms with Crippen LogP contribution in [0.15, 0.2) is 23.2 Å². The zero-order valence-corrected chi connectivity index (χ0v) is 14.9. The van der Waals surface area contributed by atoms with E-state index in [1.165, 1.54) is 0 Å². The lowest BCUT2D eigenvalue weighted by molar-refractivity contribution is -0.0614. The van der Waals surface area contributed by atoms with Crippen molar-refractivity contribution in [1.29, 1.82) is 0 Å². The summed E-state index contributed by atoms with van der Waals surface area (Å²) >= 11 is 0. The van der Waals surface area contributed by atoms with Crippen molar-refractivity contribution in [2.24, 2.45) is 22.7 Å². The number of aliphatic hydroxyl groups is 2. The van der Waals surface area contributed by atoms with E-state index >= 15 is 0 Å². The highest BCUT2D eigenvalue weighted by Crippen LogP contribution is 2.53. The second-order valence-electron chi connectivity index (χ2n) is 8.32. The first-order valence-electron chi connectivity index (χ1n) is 9.43. The van der Waals surface area contributed by atoms with Crippen LogP contribution < -0.4 is 4.74 Å². The van der Waals surface area contributed by atoms with E-state index in [0.29, 0.717) is 18.4 Å². The maximum absolute atomic E-state index is 11.7. The monoisotopic (exact) mass is 342 g/mol. The second-order valence-corrected chi connectivity index (χ2v) is 8.32. The molecule has 0 spiro atoms. The summed E-state index contributed by atoms with van der Waals surface area (Å²) in [6.45, 7) is 3.87. The number of nitrogens with zero attached hydrogens (tertiary/aromatic N) is 2. The van der Waals surface area contributed by atoms with Crippen molar-refractivity contribution in [1.82, 2.24) is 4.90 Å². The third-order valence-electron chi connectivity index (χ3n) is 7.00. The largest absolute Gasteiger partial charge is 0.497 e. The molecule has 4 heterocycles. The molecular formula is C20H26N2O3. The Morgan fingerprint density at radius 1 is 1.36 bits per heavy atom. The third kappa shape index (κ3) is 2.09. The van der Waals surface area contributed by atoms with E-state index in [4.69, 9.17) is 9.73 Å². The number of aliphatic imine (C=N–C) groups is 1. The number of ether oxygens (including phenoxy) is 1. The predicted octanol–water partition coefficient (Wildman–Crippen LogP) is 2.08. The first-order chi connectivity index (χ1) is 12.0. The number of hydrogen-bond acceptors (Lipinski definition) is 5. The van der Waals surface area contributed by atoms with Crippen molar-refractivity contribution in [2.75, 3.05) is 20.2 Å². The van der Waals surface area contributed by atoms with Gasteiger partial charge in [-0.15, -0.1) is 0 Å². The Balaban J connectivity index is 1.61. The normalized spacial score (nSPS) is 42.2. The van der Waals surface area contributed by atoms with Crippen LogP contribution in [0.5, 0.6) is 5.75 Å². The fourth-order valence-corrected chi connectivity index (χ4v) is 5.93. The minimum Gasteiger partial charge on any atom is -0.497 e. The van der Waals surface area contributed by atoms with Gasteiger partial charge in [-0.25, -0.2) is 0 Å². The summed E-state index contributed by atoms with van der Waals surface area (Å²) in [5.74, 6) is 1.87. The van der Waals surface area contributed by atoms with Crippen LogP contribution in [0.1, 0.15) is 31.7 Å². The van der Waals surface area contributed by atoms with Gasteiger partial charge in [0.2, 0.25) is 0 Å². The Bertz CT molecular complexity index is 746. The summed E-state index contributed by atoms with van der Waals surface area (Å²) in [7, 11) is 1.65. The Hall–Kier alpha value is -1.43. The lowest BCUT2D eigenvalue weighted by Crippen LogP contribution is -2.60. The van der Waals surface area contributed by atoms with E-state index in [9.17, 15) is 10.2 Å². The summed E-state index contributed by atoms with van der Waals surface area (Å²) in [6.07, 6.45) is 2.53. The average Bonchev–Trinajstić information content (AvgIpc) is 2.88. The standard InChI is InChI=1S/C20H26N2O3/c1-11(23)14-7-12-8-15-18(14)22(10-12)6-5-20(24)16-9-13(25-2)3-4-17(16)21-19(15)20/h3-4,9,11-12,14-15,18,23-24H,5-8,10H2,1-2H3/t11?,12-,14-,15-,18+,20?/m1/s1. The first kappa shape index (κ1) is 15.8. The number of benzene rings is 1. The lowest BCUT2D eigenvalue weighted by atomic mass is 9.63. The molecule has 5 nitrogen and oxygen atoms in total. The van der Waals surface area contributed by atoms with E-state index in [1.807, 2.05) is 25.1 Å². The predicted molar refractivity (Wildman–Crippen MR) is 95.3 cm³/mol. The molecule has 1 saturated carbocycles. The molecule has 7 atom stereocenters. The van der Waals surface area contributed by atoms with Crippen molar-refractivity contribution in [3.63, 3.8) is 0 Å². The molecule has 0 radical (unpaired) electrons. The number of methoxy groups -OCH3 is 1. The number of rotatable bonds is 2. The van der Waals surface area contributed by atoms with Crippen LogP contribution in [0.4, 0.5) is 5.69 Å². The summed E-state index contributed by atoms with van der Waals surface area (Å²) < 4.78 is 5.37. The van der Waals surface area contributed by atoms with Crippen LogP contribution in [0.2, 0.25) is 0 Å². The number of fused-ring (bicyclic) bond motifs is 4. The van der Waals surface area contributed by atoms with Crippen molar-refractivity contribution < 1.29 is 14.9 Å². The molecule has 25 heavy (non-hydrogen) atoms. The van der Waals surface area contributed by atoms with Gasteiger partial charge in [-0.1, -0.05) is 0 Å². The van der Waals surface area contributed by atoms with Crippen molar-refractivity contribution in [3.8, 4) is 5.75 Å². The molecule has 134 valence electrons. The summed E-state index contributed by atoms with van der Waals surface area (Å²) in [6, 6.07) is 6.11. The van der Waals surface area contributed by atoms with Crippen LogP contribution in [0.3, 0.4) is 0 Å². The van der Waals surface area contributed by atoms with E-state index in [0.717, 1.165) is 48.6 Å². The van der Waals surface area contributed by atoms with Crippen LogP contribution in [-0.4, -0.2) is 53.2 Å². The van der Waals surface area contributed by atoms with Gasteiger partial charge in [0.25, 0.3) is 0 Å². The summed E-state index contributed by atoms with van der Waals surface area (Å²) in [4.78, 5) is 7.43. The van der Waals surface area contributed by atoms with Crippen molar-refractivity contribution in [3.05, 3.63) is 23.8 Å². The van der Waals surface area contributed by atoms with Gasteiger partial charge in [0.15, 0.2) is 0 Å². The quantitative estimate of drug-likeness (QED) is 0.864. The fourth-order valence-electron chi connectivity index (χ4n) is 5.93. The Labute approximate surface area is 148 Å². The minimum atomic E-state index is -0.989. The molecule has 3 saturated heterocycles. The zero-order valence-electron chi connectivity index (χ0n) is 14.9. The topological polar surface area (TPSA) is 65.3 Å². The second kappa shape index (κ2) is 5.29. The van der Waals surface area contributed by atoms with Crippen LogP contribution in [-0.2, 0) is 5.60 Å². The molecule has 4 fully saturated rings. The fraction of sp³-hybridized carbons (Fsp3) is 0.650. The van der Waals surface area contributed by atoms with Gasteiger partial charge in [-0.3, -0.25) is 9.89 Å². The zero-order chi connectivity index (χ0) is 17.3. The van der Waals surface area contributed by atoms with Crippen LogP contribution in [0.25, 0.3) is 0 Å². The Morgan fingerprint density at radius 2 is 2.20 bits per heavy atom. The van der Waals surface area contributed by atoms with Gasteiger partial charge in [0.05, 0.1) is 24.6 Å². The molecule has 1 aromatic carbocycles. The van der Waals surface area contributed by atoms with E-state index in [2.05, 4.69) is 4.90 Å². The van der Waals surface area contributed by atoms with Gasteiger partial charge < -0.3 is 14.9 Å². The molecule has 5 aliphatic rings. The molecule has 1 aromatic rings. The maximum atomic E-state index is 11.7. The van der Waals surface area contributed by atoms with Gasteiger partial charge in [-0.05, 0) is 50.3 Å². The van der Waals surface area contributed by atoms with E-state index in [1.54, 1.807) is 7.11 Å². The molecule has 6 rings (SSSR count). The Morgan fingerprint density at radius 3 is 2.96 bits per heavy atom. The molecular weight excluding hydrogens is 316 g/mol. The van der Waals surface area contributed by atoms with Gasteiger partial charge >= 0.3 is 0 Å². The summed E-state index contributed by atoms with van der Waals surface area (Å²) in [5.41, 5.74) is 1.71. The molecule has 0 aromatic heterocycles. The van der Waals surface area contributed by atoms with Gasteiger partial charge in [0, 0.05) is 36.5 Å². The molecule has 4 bridgehead atoms. The molecule has 2 N–H and O–H groups in total. The van der Waals surface area contributed by atoms with Gasteiger partial charge in [-0.2, -0.15) is 0 Å². The minimum absolute atomic E-state index is 0.234. The van der Waals surface area contributed by atoms with Crippen molar-refractivity contribution >= 4 is 11.4 Å². The molecule has 0 amide bonds. The van der Waals surface area contributed by atoms with Crippen molar-refractivity contribution in [2.45, 2.75) is 43.9 Å². The molecule has 1 aliphatic carbocycles.